The highest BCUT2D eigenvalue weighted by Gasteiger charge is 2.27. The third-order valence-corrected chi connectivity index (χ3v) is 3.80. The predicted octanol–water partition coefficient (Wildman–Crippen LogP) is 1.27. The number of unbranched alkanes of at least 4 members (excludes halogenated alkanes) is 2. The number of carbonyl (C=O) groups excluding carboxylic acids is 2. The van der Waals surface area contributed by atoms with Crippen LogP contribution in [0.2, 0.25) is 0 Å². The van der Waals surface area contributed by atoms with Crippen molar-refractivity contribution in [3.63, 3.8) is 0 Å². The Bertz CT molecular complexity index is 337. The van der Waals surface area contributed by atoms with E-state index < -0.39 is 11.6 Å². The highest BCUT2D eigenvalue weighted by atomic mass is 32.1. The highest BCUT2D eigenvalue weighted by molar-refractivity contribution is 7.80. The number of carbonyl (C=O) groups is 2. The van der Waals surface area contributed by atoms with Gasteiger partial charge in [-0.2, -0.15) is 12.6 Å². The Morgan fingerprint density at radius 1 is 1.14 bits per heavy atom. The topological polar surface area (TPSA) is 78.7 Å². The molecule has 0 fully saturated rings. The first-order chi connectivity index (χ1) is 9.70. The number of hydrogen-bond donors (Lipinski definition) is 3. The summed E-state index contributed by atoms with van der Waals surface area (Å²) in [6.07, 6.45) is 3.40. The maximum atomic E-state index is 11.9. The Morgan fingerprint density at radius 3 is 2.29 bits per heavy atom. The van der Waals surface area contributed by atoms with Gasteiger partial charge >= 0.3 is 6.03 Å². The summed E-state index contributed by atoms with van der Waals surface area (Å²) in [6, 6.07) is -0.432. The first-order valence-electron chi connectivity index (χ1n) is 7.35. The van der Waals surface area contributed by atoms with E-state index in [1.54, 1.807) is 13.8 Å². The zero-order valence-corrected chi connectivity index (χ0v) is 14.6. The molecule has 0 aliphatic heterocycles. The molecule has 0 aromatic carbocycles. The lowest BCUT2D eigenvalue weighted by atomic mass is 10.0. The first kappa shape index (κ1) is 20.2. The lowest BCUT2D eigenvalue weighted by Crippen LogP contribution is -2.56. The van der Waals surface area contributed by atoms with E-state index in [1.807, 2.05) is 7.05 Å². The van der Waals surface area contributed by atoms with Gasteiger partial charge in [0.2, 0.25) is 0 Å². The molecule has 0 bridgehead atoms. The van der Waals surface area contributed by atoms with E-state index in [-0.39, 0.29) is 5.78 Å². The third-order valence-electron chi connectivity index (χ3n) is 3.48. The molecule has 0 rings (SSSR count). The molecule has 0 spiro atoms. The number of hydrogen-bond acceptors (Lipinski definition) is 5. The fraction of sp³-hybridized carbons (Fsp3) is 0.857. The van der Waals surface area contributed by atoms with Crippen LogP contribution < -0.4 is 11.2 Å². The van der Waals surface area contributed by atoms with Gasteiger partial charge in [-0.05, 0) is 53.0 Å². The molecule has 0 radical (unpaired) electrons. The van der Waals surface area contributed by atoms with Gasteiger partial charge in [-0.3, -0.25) is 9.80 Å². The van der Waals surface area contributed by atoms with Crippen LogP contribution in [-0.2, 0) is 4.79 Å². The number of thiol groups is 1. The van der Waals surface area contributed by atoms with Gasteiger partial charge in [-0.25, -0.2) is 10.6 Å². The summed E-state index contributed by atoms with van der Waals surface area (Å²) >= 11 is 4.18. The number of hydrazine groups is 1. The fourth-order valence-corrected chi connectivity index (χ4v) is 1.81. The molecule has 0 aromatic rings. The molecule has 21 heavy (non-hydrogen) atoms. The molecule has 124 valence electrons. The van der Waals surface area contributed by atoms with Gasteiger partial charge in [-0.15, -0.1) is 0 Å². The molecule has 0 aliphatic carbocycles. The molecule has 0 saturated heterocycles. The number of nitrogens with two attached hydrogens (primary N) is 1. The molecule has 7 heteroatoms. The molecule has 0 unspecified atom stereocenters. The lowest BCUT2D eigenvalue weighted by molar-refractivity contribution is -0.121. The summed E-state index contributed by atoms with van der Waals surface area (Å²) in [5.41, 5.74) is -0.895. The van der Waals surface area contributed by atoms with Crippen LogP contribution in [0, 0.1) is 0 Å². The molecule has 0 saturated carbocycles. The number of nitrogens with zero attached hydrogens (tertiary/aromatic N) is 2. The van der Waals surface area contributed by atoms with Crippen LogP contribution in [0.5, 0.6) is 0 Å². The van der Waals surface area contributed by atoms with Crippen molar-refractivity contribution in [2.75, 3.05) is 32.4 Å². The van der Waals surface area contributed by atoms with Crippen LogP contribution in [0.15, 0.2) is 0 Å². The molecule has 2 amide bonds. The standard InChI is InChI=1S/C14H30N4O2S/c1-12(19)14(2,3)16-13(20)18(15)10-9-17(4)8-6-5-7-11-21/h21H,5-11,15H2,1-4H3,(H,16,20). The zero-order valence-electron chi connectivity index (χ0n) is 13.7. The summed E-state index contributed by atoms with van der Waals surface area (Å²) < 4.78 is 0. The first-order valence-corrected chi connectivity index (χ1v) is 7.98. The average molecular weight is 318 g/mol. The Labute approximate surface area is 133 Å². The van der Waals surface area contributed by atoms with Crippen LogP contribution >= 0.6 is 12.6 Å². The molecule has 0 aliphatic rings. The number of likely N-dealkylation sites (N-methyl/N-ethyl adjacent to an activating group) is 1. The second-order valence-electron chi connectivity index (χ2n) is 5.89. The van der Waals surface area contributed by atoms with E-state index in [0.29, 0.717) is 13.1 Å². The van der Waals surface area contributed by atoms with Gasteiger partial charge in [0.25, 0.3) is 0 Å². The van der Waals surface area contributed by atoms with Crippen molar-refractivity contribution in [2.24, 2.45) is 5.84 Å². The molecular weight excluding hydrogens is 288 g/mol. The summed E-state index contributed by atoms with van der Waals surface area (Å²) in [7, 11) is 2.01. The van der Waals surface area contributed by atoms with E-state index in [2.05, 4.69) is 22.8 Å². The summed E-state index contributed by atoms with van der Waals surface area (Å²) in [5, 5.41) is 3.74. The lowest BCUT2D eigenvalue weighted by Gasteiger charge is -2.27. The Kier molecular flexibility index (Phi) is 9.65. The van der Waals surface area contributed by atoms with Crippen molar-refractivity contribution >= 4 is 24.4 Å². The van der Waals surface area contributed by atoms with Gasteiger partial charge in [0.15, 0.2) is 5.78 Å². The monoisotopic (exact) mass is 318 g/mol. The molecule has 0 heterocycles. The second-order valence-corrected chi connectivity index (χ2v) is 6.34. The Balaban J connectivity index is 3.99. The average Bonchev–Trinajstić information content (AvgIpc) is 2.40. The molecule has 0 atom stereocenters. The van der Waals surface area contributed by atoms with Crippen molar-refractivity contribution in [2.45, 2.75) is 45.6 Å². The largest absolute Gasteiger partial charge is 0.332 e. The number of amides is 2. The summed E-state index contributed by atoms with van der Waals surface area (Å²) in [6.45, 7) is 6.86. The van der Waals surface area contributed by atoms with Crippen molar-refractivity contribution in [1.82, 2.24) is 15.2 Å². The molecule has 0 aromatic heterocycles. The highest BCUT2D eigenvalue weighted by Crippen LogP contribution is 2.04. The van der Waals surface area contributed by atoms with Gasteiger partial charge in [0.05, 0.1) is 12.1 Å². The third kappa shape index (κ3) is 8.95. The minimum atomic E-state index is -0.895. The minimum absolute atomic E-state index is 0.106. The second kappa shape index (κ2) is 10.0. The van der Waals surface area contributed by atoms with E-state index >= 15 is 0 Å². The summed E-state index contributed by atoms with van der Waals surface area (Å²) in [4.78, 5) is 25.4. The van der Waals surface area contributed by atoms with Crippen LogP contribution in [0.25, 0.3) is 0 Å². The van der Waals surface area contributed by atoms with Crippen molar-refractivity contribution in [3.8, 4) is 0 Å². The van der Waals surface area contributed by atoms with Gasteiger partial charge < -0.3 is 10.2 Å². The molecule has 3 N–H and O–H groups in total. The number of nitrogens with one attached hydrogen (secondary N) is 1. The van der Waals surface area contributed by atoms with Crippen molar-refractivity contribution < 1.29 is 9.59 Å². The maximum Gasteiger partial charge on any atom is 0.332 e. The number of urea groups is 1. The van der Waals surface area contributed by atoms with E-state index in [9.17, 15) is 9.59 Å². The maximum absolute atomic E-state index is 11.9. The van der Waals surface area contributed by atoms with Crippen molar-refractivity contribution in [1.29, 1.82) is 0 Å². The van der Waals surface area contributed by atoms with Crippen LogP contribution in [-0.4, -0.2) is 59.7 Å². The smallest absolute Gasteiger partial charge is 0.325 e. The van der Waals surface area contributed by atoms with Gasteiger partial charge in [0.1, 0.15) is 0 Å². The van der Waals surface area contributed by atoms with E-state index in [1.165, 1.54) is 6.92 Å². The number of Topliss-reactive ketones (excluding diaryl/α,β-unsaturated/α-hetero) is 1. The number of ketones is 1. The molecular formula is C14H30N4O2S. The van der Waals surface area contributed by atoms with Crippen molar-refractivity contribution in [3.05, 3.63) is 0 Å². The van der Waals surface area contributed by atoms with Gasteiger partial charge in [-0.1, -0.05) is 6.42 Å². The van der Waals surface area contributed by atoms with E-state index in [0.717, 1.165) is 36.6 Å². The zero-order chi connectivity index (χ0) is 16.5. The Hall–Kier alpha value is -0.790. The Morgan fingerprint density at radius 2 is 1.76 bits per heavy atom. The SMILES string of the molecule is CC(=O)C(C)(C)NC(=O)N(N)CCN(C)CCCCCS. The van der Waals surface area contributed by atoms with E-state index in [4.69, 9.17) is 5.84 Å². The predicted molar refractivity (Wildman–Crippen MR) is 89.4 cm³/mol. The van der Waals surface area contributed by atoms with Crippen LogP contribution in [0.4, 0.5) is 4.79 Å². The van der Waals surface area contributed by atoms with Gasteiger partial charge in [0, 0.05) is 6.54 Å². The fourth-order valence-electron chi connectivity index (χ4n) is 1.59. The molecule has 6 nitrogen and oxygen atoms in total. The number of rotatable bonds is 10. The minimum Gasteiger partial charge on any atom is -0.325 e. The van der Waals surface area contributed by atoms with Crippen LogP contribution in [0.1, 0.15) is 40.0 Å². The van der Waals surface area contributed by atoms with Crippen LogP contribution in [0.3, 0.4) is 0 Å². The normalized spacial score (nSPS) is 11.6. The summed E-state index contributed by atoms with van der Waals surface area (Å²) in [5.74, 6) is 6.54. The quantitative estimate of drug-likeness (QED) is 0.186.